The Morgan fingerprint density at radius 3 is 2.67 bits per heavy atom. The van der Waals surface area contributed by atoms with E-state index in [1.54, 1.807) is 11.3 Å². The summed E-state index contributed by atoms with van der Waals surface area (Å²) in [4.78, 5) is 9.45. The van der Waals surface area contributed by atoms with Crippen molar-refractivity contribution < 1.29 is 9.57 Å². The highest BCUT2D eigenvalue weighted by atomic mass is 32.1. The van der Waals surface area contributed by atoms with Crippen molar-refractivity contribution in [1.29, 1.82) is 0 Å². The van der Waals surface area contributed by atoms with Crippen LogP contribution in [0.4, 0.5) is 0 Å². The van der Waals surface area contributed by atoms with Crippen LogP contribution in [0.5, 0.6) is 5.75 Å². The number of benzene rings is 1. The van der Waals surface area contributed by atoms with Gasteiger partial charge in [0.25, 0.3) is 0 Å². The summed E-state index contributed by atoms with van der Waals surface area (Å²) in [7, 11) is 0. The molecule has 0 amide bonds. The van der Waals surface area contributed by atoms with Gasteiger partial charge in [0.2, 0.25) is 0 Å². The van der Waals surface area contributed by atoms with Gasteiger partial charge in [0.05, 0.1) is 17.1 Å². The third-order valence-corrected chi connectivity index (χ3v) is 3.50. The molecule has 0 aliphatic heterocycles. The minimum absolute atomic E-state index is 0.352. The molecule has 2 N–H and O–H groups in total. The number of nitrogens with two attached hydrogens (primary N) is 1. The second kappa shape index (κ2) is 7.64. The normalized spacial score (nSPS) is 11.4. The second-order valence-electron chi connectivity index (χ2n) is 4.61. The van der Waals surface area contributed by atoms with Crippen molar-refractivity contribution in [2.24, 2.45) is 10.9 Å². The van der Waals surface area contributed by atoms with Crippen LogP contribution in [0.2, 0.25) is 0 Å². The van der Waals surface area contributed by atoms with Crippen molar-refractivity contribution >= 4 is 17.2 Å². The van der Waals surface area contributed by atoms with Gasteiger partial charge >= 0.3 is 0 Å². The molecule has 6 heteroatoms. The zero-order valence-electron chi connectivity index (χ0n) is 12.2. The summed E-state index contributed by atoms with van der Waals surface area (Å²) in [6.07, 6.45) is 0.503. The molecule has 0 saturated heterocycles. The van der Waals surface area contributed by atoms with E-state index in [-0.39, 0.29) is 0 Å². The maximum absolute atomic E-state index is 5.77. The van der Waals surface area contributed by atoms with E-state index >= 15 is 0 Å². The van der Waals surface area contributed by atoms with Gasteiger partial charge in [-0.3, -0.25) is 0 Å². The van der Waals surface area contributed by atoms with E-state index in [9.17, 15) is 0 Å². The second-order valence-corrected chi connectivity index (χ2v) is 5.67. The zero-order valence-corrected chi connectivity index (χ0v) is 13.0. The van der Waals surface area contributed by atoms with Gasteiger partial charge in [-0.05, 0) is 26.0 Å². The Kier molecular flexibility index (Phi) is 5.57. The first-order valence-electron chi connectivity index (χ1n) is 6.68. The number of aromatic nitrogens is 1. The van der Waals surface area contributed by atoms with Crippen molar-refractivity contribution in [3.8, 4) is 5.75 Å². The lowest BCUT2D eigenvalue weighted by Crippen LogP contribution is -2.16. The SMILES string of the molecule is Cc1ccc(OCCON=C(N)Cc2csc(C)n2)cc1. The number of oxime groups is 1. The van der Waals surface area contributed by atoms with Gasteiger partial charge in [0.15, 0.2) is 6.61 Å². The summed E-state index contributed by atoms with van der Waals surface area (Å²) >= 11 is 1.59. The fourth-order valence-corrected chi connectivity index (χ4v) is 2.28. The number of rotatable bonds is 7. The van der Waals surface area contributed by atoms with Crippen LogP contribution in [0.3, 0.4) is 0 Å². The summed E-state index contributed by atoms with van der Waals surface area (Å²) in [6, 6.07) is 7.86. The van der Waals surface area contributed by atoms with Crippen molar-refractivity contribution in [3.63, 3.8) is 0 Å². The first-order valence-corrected chi connectivity index (χ1v) is 7.56. The van der Waals surface area contributed by atoms with E-state index < -0.39 is 0 Å². The third kappa shape index (κ3) is 5.43. The largest absolute Gasteiger partial charge is 0.490 e. The van der Waals surface area contributed by atoms with Gasteiger partial charge in [-0.15, -0.1) is 11.3 Å². The standard InChI is InChI=1S/C15H19N3O2S/c1-11-3-5-14(6-4-11)19-7-8-20-18-15(16)9-13-10-21-12(2)17-13/h3-6,10H,7-9H2,1-2H3,(H2,16,18). The first kappa shape index (κ1) is 15.3. The minimum Gasteiger partial charge on any atom is -0.490 e. The Morgan fingerprint density at radius 1 is 1.24 bits per heavy atom. The molecule has 1 aromatic heterocycles. The fraction of sp³-hybridized carbons (Fsp3) is 0.333. The van der Waals surface area contributed by atoms with Gasteiger partial charge in [-0.25, -0.2) is 4.98 Å². The molecule has 2 aromatic rings. The van der Waals surface area contributed by atoms with Gasteiger partial charge in [-0.2, -0.15) is 0 Å². The summed E-state index contributed by atoms with van der Waals surface area (Å²) in [5.41, 5.74) is 7.89. The van der Waals surface area contributed by atoms with E-state index in [1.165, 1.54) is 5.56 Å². The number of aryl methyl sites for hydroxylation is 2. The highest BCUT2D eigenvalue weighted by molar-refractivity contribution is 7.09. The molecule has 0 saturated carbocycles. The average molecular weight is 305 g/mol. The van der Waals surface area contributed by atoms with Crippen molar-refractivity contribution in [3.05, 3.63) is 45.9 Å². The molecular weight excluding hydrogens is 286 g/mol. The van der Waals surface area contributed by atoms with Crippen LogP contribution in [0.25, 0.3) is 0 Å². The smallest absolute Gasteiger partial charge is 0.151 e. The topological polar surface area (TPSA) is 69.7 Å². The predicted molar refractivity (Wildman–Crippen MR) is 84.8 cm³/mol. The summed E-state index contributed by atoms with van der Waals surface area (Å²) in [6.45, 7) is 4.77. The molecule has 2 rings (SSSR count). The van der Waals surface area contributed by atoms with E-state index in [0.29, 0.717) is 25.5 Å². The van der Waals surface area contributed by atoms with Crippen LogP contribution in [0.15, 0.2) is 34.8 Å². The first-order chi connectivity index (χ1) is 10.1. The molecule has 0 aliphatic carbocycles. The summed E-state index contributed by atoms with van der Waals surface area (Å²) in [5.74, 6) is 1.23. The van der Waals surface area contributed by atoms with Gasteiger partial charge in [-0.1, -0.05) is 22.9 Å². The number of amidine groups is 1. The molecule has 0 fully saturated rings. The van der Waals surface area contributed by atoms with Crippen LogP contribution >= 0.6 is 11.3 Å². The van der Waals surface area contributed by atoms with Crippen LogP contribution in [-0.2, 0) is 11.3 Å². The molecule has 21 heavy (non-hydrogen) atoms. The van der Waals surface area contributed by atoms with E-state index in [0.717, 1.165) is 16.5 Å². The number of hydrogen-bond donors (Lipinski definition) is 1. The number of hydrogen-bond acceptors (Lipinski definition) is 5. The van der Waals surface area contributed by atoms with E-state index in [4.69, 9.17) is 15.3 Å². The fourth-order valence-electron chi connectivity index (χ4n) is 1.67. The molecular formula is C15H19N3O2S. The number of ether oxygens (including phenoxy) is 1. The lowest BCUT2D eigenvalue weighted by molar-refractivity contribution is 0.106. The van der Waals surface area contributed by atoms with Crippen molar-refractivity contribution in [1.82, 2.24) is 4.98 Å². The van der Waals surface area contributed by atoms with Gasteiger partial charge in [0.1, 0.15) is 18.2 Å². The summed E-state index contributed by atoms with van der Waals surface area (Å²) in [5, 5.41) is 6.84. The highest BCUT2D eigenvalue weighted by Gasteiger charge is 2.01. The Balaban J connectivity index is 1.66. The van der Waals surface area contributed by atoms with Crippen LogP contribution in [0, 0.1) is 13.8 Å². The monoisotopic (exact) mass is 305 g/mol. The number of thiazole rings is 1. The Bertz CT molecular complexity index is 593. The van der Waals surface area contributed by atoms with Crippen LogP contribution in [-0.4, -0.2) is 24.0 Å². The minimum atomic E-state index is 0.352. The lowest BCUT2D eigenvalue weighted by atomic mass is 10.2. The molecule has 112 valence electrons. The molecule has 0 spiro atoms. The van der Waals surface area contributed by atoms with Crippen molar-refractivity contribution in [2.45, 2.75) is 20.3 Å². The van der Waals surface area contributed by atoms with Crippen LogP contribution < -0.4 is 10.5 Å². The third-order valence-electron chi connectivity index (χ3n) is 2.67. The predicted octanol–water partition coefficient (Wildman–Crippen LogP) is 2.67. The zero-order chi connectivity index (χ0) is 15.1. The van der Waals surface area contributed by atoms with E-state index in [1.807, 2.05) is 43.5 Å². The highest BCUT2D eigenvalue weighted by Crippen LogP contribution is 2.11. The van der Waals surface area contributed by atoms with Gasteiger partial charge < -0.3 is 15.3 Å². The Labute approximate surface area is 128 Å². The van der Waals surface area contributed by atoms with E-state index in [2.05, 4.69) is 10.1 Å². The molecule has 1 heterocycles. The maximum Gasteiger partial charge on any atom is 0.151 e. The lowest BCUT2D eigenvalue weighted by Gasteiger charge is -2.05. The van der Waals surface area contributed by atoms with Crippen LogP contribution in [0.1, 0.15) is 16.3 Å². The molecule has 0 aliphatic rings. The molecule has 5 nitrogen and oxygen atoms in total. The quantitative estimate of drug-likeness (QED) is 0.369. The van der Waals surface area contributed by atoms with Crippen molar-refractivity contribution in [2.75, 3.05) is 13.2 Å². The Morgan fingerprint density at radius 2 is 2.00 bits per heavy atom. The molecule has 1 aromatic carbocycles. The molecule has 0 atom stereocenters. The number of nitrogens with zero attached hydrogens (tertiary/aromatic N) is 2. The maximum atomic E-state index is 5.77. The average Bonchev–Trinajstić information content (AvgIpc) is 2.86. The molecule has 0 bridgehead atoms. The molecule has 0 radical (unpaired) electrons. The summed E-state index contributed by atoms with van der Waals surface area (Å²) < 4.78 is 5.52. The van der Waals surface area contributed by atoms with Gasteiger partial charge in [0, 0.05) is 5.38 Å². The molecule has 0 unspecified atom stereocenters. The Hall–Kier alpha value is -2.08.